The number of fused-ring (bicyclic) bond motifs is 1. The highest BCUT2D eigenvalue weighted by atomic mass is 16.5. The predicted molar refractivity (Wildman–Crippen MR) is 123 cm³/mol. The van der Waals surface area contributed by atoms with Gasteiger partial charge in [-0.15, -0.1) is 0 Å². The molecule has 6 heteroatoms. The van der Waals surface area contributed by atoms with Crippen LogP contribution in [0.5, 0.6) is 11.5 Å². The number of amides is 2. The summed E-state index contributed by atoms with van der Waals surface area (Å²) in [7, 11) is 3.22. The standard InChI is InChI=1S/C26H32N2O4/c1-31-22-14-13-18(17-23(22)32-2)15-16-27-25(29)24-20-11-7-8-12-21(20)26(30)28(24)19-9-5-3-4-6-10-19/h7-8,11-14,17,19,24H,3-6,9-10,15-16H2,1-2H3,(H,27,29)/t24-/m0/s1. The van der Waals surface area contributed by atoms with Gasteiger partial charge in [-0.1, -0.05) is 49.9 Å². The molecule has 6 nitrogen and oxygen atoms in total. The Morgan fingerprint density at radius 3 is 2.44 bits per heavy atom. The van der Waals surface area contributed by atoms with Crippen molar-refractivity contribution in [2.45, 2.75) is 57.0 Å². The van der Waals surface area contributed by atoms with Gasteiger partial charge in [0.05, 0.1) is 14.2 Å². The lowest BCUT2D eigenvalue weighted by molar-refractivity contribution is -0.126. The normalized spacial score (nSPS) is 18.8. The molecular weight excluding hydrogens is 404 g/mol. The van der Waals surface area contributed by atoms with Crippen molar-refractivity contribution >= 4 is 11.8 Å². The molecule has 0 aromatic heterocycles. The largest absolute Gasteiger partial charge is 0.493 e. The third-order valence-electron chi connectivity index (χ3n) is 6.63. The number of nitrogens with one attached hydrogen (secondary N) is 1. The molecule has 170 valence electrons. The first kappa shape index (κ1) is 22.2. The van der Waals surface area contributed by atoms with Crippen LogP contribution in [0.2, 0.25) is 0 Å². The molecule has 2 aromatic rings. The minimum absolute atomic E-state index is 0.00691. The molecule has 1 fully saturated rings. The Hall–Kier alpha value is -3.02. The summed E-state index contributed by atoms with van der Waals surface area (Å²) in [4.78, 5) is 28.5. The first-order valence-corrected chi connectivity index (χ1v) is 11.5. The first-order chi connectivity index (χ1) is 15.6. The van der Waals surface area contributed by atoms with E-state index in [-0.39, 0.29) is 17.9 Å². The lowest BCUT2D eigenvalue weighted by Gasteiger charge is -2.32. The predicted octanol–water partition coefficient (Wildman–Crippen LogP) is 4.28. The maximum absolute atomic E-state index is 13.4. The van der Waals surface area contributed by atoms with Crippen molar-refractivity contribution in [3.05, 3.63) is 59.2 Å². The smallest absolute Gasteiger partial charge is 0.255 e. The molecule has 0 spiro atoms. The van der Waals surface area contributed by atoms with E-state index in [0.717, 1.165) is 36.8 Å². The molecule has 1 N–H and O–H groups in total. The van der Waals surface area contributed by atoms with Gasteiger partial charge < -0.3 is 19.7 Å². The molecule has 1 aliphatic carbocycles. The Kier molecular flexibility index (Phi) is 6.98. The van der Waals surface area contributed by atoms with Gasteiger partial charge in [0.15, 0.2) is 11.5 Å². The van der Waals surface area contributed by atoms with E-state index in [9.17, 15) is 9.59 Å². The lowest BCUT2D eigenvalue weighted by Crippen LogP contribution is -2.45. The van der Waals surface area contributed by atoms with Crippen LogP contribution in [0.1, 0.15) is 66.1 Å². The molecule has 2 aromatic carbocycles. The Bertz CT molecular complexity index is 966. The number of carbonyl (C=O) groups excluding carboxylic acids is 2. The van der Waals surface area contributed by atoms with Crippen molar-refractivity contribution < 1.29 is 19.1 Å². The average molecular weight is 437 g/mol. The molecule has 0 bridgehead atoms. The van der Waals surface area contributed by atoms with Crippen LogP contribution in [0.15, 0.2) is 42.5 Å². The number of rotatable bonds is 7. The van der Waals surface area contributed by atoms with Gasteiger partial charge in [-0.05, 0) is 48.6 Å². The van der Waals surface area contributed by atoms with E-state index in [1.165, 1.54) is 12.8 Å². The molecule has 0 radical (unpaired) electrons. The van der Waals surface area contributed by atoms with Gasteiger partial charge in [0.1, 0.15) is 6.04 Å². The zero-order valence-corrected chi connectivity index (χ0v) is 18.9. The van der Waals surface area contributed by atoms with Crippen molar-refractivity contribution in [1.29, 1.82) is 0 Å². The fourth-order valence-electron chi connectivity index (χ4n) is 4.98. The lowest BCUT2D eigenvalue weighted by atomic mass is 10.0. The Labute approximate surface area is 189 Å². The number of hydrogen-bond acceptors (Lipinski definition) is 4. The van der Waals surface area contributed by atoms with E-state index in [1.54, 1.807) is 14.2 Å². The summed E-state index contributed by atoms with van der Waals surface area (Å²) < 4.78 is 10.7. The van der Waals surface area contributed by atoms with Crippen LogP contribution >= 0.6 is 0 Å². The van der Waals surface area contributed by atoms with E-state index < -0.39 is 6.04 Å². The van der Waals surface area contributed by atoms with Crippen molar-refractivity contribution in [2.75, 3.05) is 20.8 Å². The highest BCUT2D eigenvalue weighted by Gasteiger charge is 2.44. The number of methoxy groups -OCH3 is 2. The van der Waals surface area contributed by atoms with Crippen LogP contribution < -0.4 is 14.8 Å². The quantitative estimate of drug-likeness (QED) is 0.658. The molecule has 32 heavy (non-hydrogen) atoms. The Morgan fingerprint density at radius 2 is 1.72 bits per heavy atom. The fourth-order valence-corrected chi connectivity index (χ4v) is 4.98. The fraction of sp³-hybridized carbons (Fsp3) is 0.462. The van der Waals surface area contributed by atoms with Crippen molar-refractivity contribution in [3.8, 4) is 11.5 Å². The van der Waals surface area contributed by atoms with E-state index in [2.05, 4.69) is 5.32 Å². The second-order valence-corrected chi connectivity index (χ2v) is 8.58. The summed E-state index contributed by atoms with van der Waals surface area (Å²) in [6.45, 7) is 0.486. The van der Waals surface area contributed by atoms with E-state index in [0.29, 0.717) is 30.0 Å². The summed E-state index contributed by atoms with van der Waals surface area (Å²) in [6, 6.07) is 12.9. The summed E-state index contributed by atoms with van der Waals surface area (Å²) in [5.74, 6) is 1.24. The maximum Gasteiger partial charge on any atom is 0.255 e. The van der Waals surface area contributed by atoms with Crippen LogP contribution in [0.3, 0.4) is 0 Å². The van der Waals surface area contributed by atoms with Gasteiger partial charge in [-0.3, -0.25) is 9.59 Å². The summed E-state index contributed by atoms with van der Waals surface area (Å²) in [5, 5.41) is 3.08. The van der Waals surface area contributed by atoms with Crippen molar-refractivity contribution in [1.82, 2.24) is 10.2 Å². The molecule has 1 saturated carbocycles. The third-order valence-corrected chi connectivity index (χ3v) is 6.63. The van der Waals surface area contributed by atoms with Crippen LogP contribution in [0.4, 0.5) is 0 Å². The second kappa shape index (κ2) is 10.1. The Morgan fingerprint density at radius 1 is 1.00 bits per heavy atom. The number of hydrogen-bond donors (Lipinski definition) is 1. The van der Waals surface area contributed by atoms with Crippen molar-refractivity contribution in [2.24, 2.45) is 0 Å². The van der Waals surface area contributed by atoms with Crippen LogP contribution in [0, 0.1) is 0 Å². The molecule has 1 aliphatic heterocycles. The summed E-state index contributed by atoms with van der Waals surface area (Å²) in [5.41, 5.74) is 2.54. The number of benzene rings is 2. The van der Waals surface area contributed by atoms with Gasteiger partial charge >= 0.3 is 0 Å². The second-order valence-electron chi connectivity index (χ2n) is 8.58. The minimum atomic E-state index is -0.549. The van der Waals surface area contributed by atoms with Crippen LogP contribution in [-0.4, -0.2) is 43.5 Å². The molecule has 1 heterocycles. The van der Waals surface area contributed by atoms with Gasteiger partial charge in [0, 0.05) is 18.2 Å². The van der Waals surface area contributed by atoms with Crippen molar-refractivity contribution in [3.63, 3.8) is 0 Å². The van der Waals surface area contributed by atoms with Gasteiger partial charge in [-0.2, -0.15) is 0 Å². The van der Waals surface area contributed by atoms with Gasteiger partial charge in [-0.25, -0.2) is 0 Å². The van der Waals surface area contributed by atoms with E-state index >= 15 is 0 Å². The summed E-state index contributed by atoms with van der Waals surface area (Å²) >= 11 is 0. The highest BCUT2D eigenvalue weighted by Crippen LogP contribution is 2.38. The molecule has 2 amide bonds. The average Bonchev–Trinajstić information content (AvgIpc) is 2.97. The molecule has 0 unspecified atom stereocenters. The summed E-state index contributed by atoms with van der Waals surface area (Å²) in [6.07, 6.45) is 7.22. The topological polar surface area (TPSA) is 67.9 Å². The number of carbonyl (C=O) groups is 2. The van der Waals surface area contributed by atoms with Crippen LogP contribution in [0.25, 0.3) is 0 Å². The zero-order valence-electron chi connectivity index (χ0n) is 18.9. The van der Waals surface area contributed by atoms with E-state index in [4.69, 9.17) is 9.47 Å². The van der Waals surface area contributed by atoms with Gasteiger partial charge in [0.2, 0.25) is 5.91 Å². The monoisotopic (exact) mass is 436 g/mol. The molecule has 4 rings (SSSR count). The number of nitrogens with zero attached hydrogens (tertiary/aromatic N) is 1. The van der Waals surface area contributed by atoms with Crippen LogP contribution in [-0.2, 0) is 11.2 Å². The Balaban J connectivity index is 1.48. The molecular formula is C26H32N2O4. The molecule has 2 aliphatic rings. The zero-order chi connectivity index (χ0) is 22.5. The number of ether oxygens (including phenoxy) is 2. The molecule has 0 saturated heterocycles. The highest BCUT2D eigenvalue weighted by molar-refractivity contribution is 6.04. The maximum atomic E-state index is 13.4. The first-order valence-electron chi connectivity index (χ1n) is 11.5. The third kappa shape index (κ3) is 4.45. The SMILES string of the molecule is COc1ccc(CCNC(=O)[C@@H]2c3ccccc3C(=O)N2C2CCCCCC2)cc1OC. The molecule has 1 atom stereocenters. The van der Waals surface area contributed by atoms with E-state index in [1.807, 2.05) is 47.4 Å². The van der Waals surface area contributed by atoms with Gasteiger partial charge in [0.25, 0.3) is 5.91 Å². The minimum Gasteiger partial charge on any atom is -0.493 e.